The van der Waals surface area contributed by atoms with E-state index in [4.69, 9.17) is 4.74 Å². The third-order valence-corrected chi connectivity index (χ3v) is 5.68. The molecule has 6 nitrogen and oxygen atoms in total. The van der Waals surface area contributed by atoms with Crippen LogP contribution in [0.1, 0.15) is 19.4 Å². The van der Waals surface area contributed by atoms with Gasteiger partial charge in [0.2, 0.25) is 15.9 Å². The summed E-state index contributed by atoms with van der Waals surface area (Å²) in [5.74, 6) is -0.204. The molecule has 1 aromatic rings. The zero-order valence-corrected chi connectivity index (χ0v) is 14.8. The van der Waals surface area contributed by atoms with Crippen LogP contribution in [0.3, 0.4) is 0 Å². The molecule has 23 heavy (non-hydrogen) atoms. The third-order valence-electron chi connectivity index (χ3n) is 3.86. The van der Waals surface area contributed by atoms with Crippen molar-refractivity contribution < 1.29 is 17.9 Å². The van der Waals surface area contributed by atoms with Gasteiger partial charge in [0, 0.05) is 20.1 Å². The van der Waals surface area contributed by atoms with E-state index in [1.165, 1.54) is 7.05 Å². The summed E-state index contributed by atoms with van der Waals surface area (Å²) < 4.78 is 31.7. The molecule has 0 N–H and O–H groups in total. The van der Waals surface area contributed by atoms with E-state index in [1.807, 2.05) is 20.8 Å². The van der Waals surface area contributed by atoms with Gasteiger partial charge in [-0.05, 0) is 32.9 Å². The van der Waals surface area contributed by atoms with E-state index in [0.717, 1.165) is 9.87 Å². The van der Waals surface area contributed by atoms with E-state index < -0.39 is 10.0 Å². The molecule has 0 spiro atoms. The topological polar surface area (TPSA) is 66.9 Å². The number of hydrogen-bond donors (Lipinski definition) is 0. The Hall–Kier alpha value is -1.44. The summed E-state index contributed by atoms with van der Waals surface area (Å²) in [6, 6.07) is 6.61. The molecule has 1 heterocycles. The minimum Gasteiger partial charge on any atom is -0.372 e. The molecule has 1 fully saturated rings. The minimum absolute atomic E-state index is 0.0401. The highest BCUT2D eigenvalue weighted by Crippen LogP contribution is 2.16. The number of ether oxygens (including phenoxy) is 1. The number of hydrogen-bond acceptors (Lipinski definition) is 4. The Labute approximate surface area is 138 Å². The normalized spacial score (nSPS) is 22.4. The number of carbonyl (C=O) groups excluding carboxylic acids is 1. The summed E-state index contributed by atoms with van der Waals surface area (Å²) >= 11 is 0. The molecule has 0 aromatic heterocycles. The lowest BCUT2D eigenvalue weighted by atomic mass is 10.2. The molecule has 0 saturated carbocycles. The Morgan fingerprint density at radius 1 is 1.22 bits per heavy atom. The summed E-state index contributed by atoms with van der Waals surface area (Å²) in [5.41, 5.74) is 0.985. The second-order valence-corrected chi connectivity index (χ2v) is 8.18. The van der Waals surface area contributed by atoms with Crippen molar-refractivity contribution in [3.63, 3.8) is 0 Å². The molecule has 2 rings (SSSR count). The van der Waals surface area contributed by atoms with Crippen LogP contribution in [0.2, 0.25) is 0 Å². The minimum atomic E-state index is -3.66. The second-order valence-electron chi connectivity index (χ2n) is 6.13. The molecule has 0 bridgehead atoms. The molecular weight excluding hydrogens is 316 g/mol. The predicted molar refractivity (Wildman–Crippen MR) is 87.6 cm³/mol. The third kappa shape index (κ3) is 4.31. The number of carbonyl (C=O) groups is 1. The van der Waals surface area contributed by atoms with Gasteiger partial charge in [-0.3, -0.25) is 4.79 Å². The predicted octanol–water partition coefficient (Wildman–Crippen LogP) is 1.25. The summed E-state index contributed by atoms with van der Waals surface area (Å²) in [7, 11) is -2.23. The van der Waals surface area contributed by atoms with E-state index in [1.54, 1.807) is 29.2 Å². The zero-order chi connectivity index (χ0) is 17.2. The number of nitrogens with zero attached hydrogens (tertiary/aromatic N) is 2. The van der Waals surface area contributed by atoms with Gasteiger partial charge in [0.15, 0.2) is 0 Å². The fraction of sp³-hybridized carbons (Fsp3) is 0.562. The summed E-state index contributed by atoms with van der Waals surface area (Å²) in [5, 5.41) is 0. The lowest BCUT2D eigenvalue weighted by Crippen LogP contribution is -2.51. The molecular formula is C16H24N2O4S. The summed E-state index contributed by atoms with van der Waals surface area (Å²) in [4.78, 5) is 14.3. The first kappa shape index (κ1) is 17.9. The zero-order valence-electron chi connectivity index (χ0n) is 14.0. The first-order chi connectivity index (χ1) is 10.7. The van der Waals surface area contributed by atoms with Gasteiger partial charge in [0.1, 0.15) is 0 Å². The quantitative estimate of drug-likeness (QED) is 0.827. The Morgan fingerprint density at radius 2 is 1.74 bits per heavy atom. The van der Waals surface area contributed by atoms with Gasteiger partial charge >= 0.3 is 0 Å². The molecule has 1 aromatic carbocycles. The first-order valence-corrected chi connectivity index (χ1v) is 9.10. The fourth-order valence-corrected chi connectivity index (χ4v) is 3.77. The maximum Gasteiger partial charge on any atom is 0.243 e. The standard InChI is InChI=1S/C16H24N2O4S/c1-12-5-7-15(8-6-12)23(20,21)17(4)11-16(19)18-9-13(2)22-14(3)10-18/h5-8,13-14H,9-11H2,1-4H3/t13-,14-/m0/s1. The molecule has 2 atom stereocenters. The van der Waals surface area contributed by atoms with Crippen LogP contribution in [0.5, 0.6) is 0 Å². The molecule has 1 aliphatic rings. The van der Waals surface area contributed by atoms with Gasteiger partial charge in [-0.25, -0.2) is 8.42 Å². The van der Waals surface area contributed by atoms with Crippen molar-refractivity contribution in [2.75, 3.05) is 26.7 Å². The number of amides is 1. The van der Waals surface area contributed by atoms with Gasteiger partial charge in [-0.1, -0.05) is 17.7 Å². The van der Waals surface area contributed by atoms with Crippen molar-refractivity contribution in [2.45, 2.75) is 37.9 Å². The van der Waals surface area contributed by atoms with Gasteiger partial charge in [0.25, 0.3) is 0 Å². The highest BCUT2D eigenvalue weighted by molar-refractivity contribution is 7.89. The van der Waals surface area contributed by atoms with Crippen molar-refractivity contribution in [3.05, 3.63) is 29.8 Å². The van der Waals surface area contributed by atoms with Crippen molar-refractivity contribution in [3.8, 4) is 0 Å². The second kappa shape index (κ2) is 6.98. The van der Waals surface area contributed by atoms with E-state index in [9.17, 15) is 13.2 Å². The number of rotatable bonds is 4. The highest BCUT2D eigenvalue weighted by Gasteiger charge is 2.29. The molecule has 0 aliphatic carbocycles. The van der Waals surface area contributed by atoms with Gasteiger partial charge in [-0.15, -0.1) is 0 Å². The first-order valence-electron chi connectivity index (χ1n) is 7.66. The van der Waals surface area contributed by atoms with Crippen LogP contribution in [0, 0.1) is 6.92 Å². The Bertz CT molecular complexity index is 647. The van der Waals surface area contributed by atoms with Crippen LogP contribution in [0.4, 0.5) is 0 Å². The number of morpholine rings is 1. The number of benzene rings is 1. The van der Waals surface area contributed by atoms with E-state index >= 15 is 0 Å². The Kier molecular flexibility index (Phi) is 5.44. The molecule has 1 saturated heterocycles. The molecule has 1 amide bonds. The Balaban J connectivity index is 2.06. The largest absolute Gasteiger partial charge is 0.372 e. The molecule has 1 aliphatic heterocycles. The van der Waals surface area contributed by atoms with Gasteiger partial charge in [-0.2, -0.15) is 4.31 Å². The highest BCUT2D eigenvalue weighted by atomic mass is 32.2. The van der Waals surface area contributed by atoms with Crippen molar-refractivity contribution in [1.82, 2.24) is 9.21 Å². The van der Waals surface area contributed by atoms with Crippen LogP contribution in [0.15, 0.2) is 29.2 Å². The van der Waals surface area contributed by atoms with Crippen LogP contribution in [0.25, 0.3) is 0 Å². The maximum absolute atomic E-state index is 12.5. The van der Waals surface area contributed by atoms with Crippen LogP contribution in [-0.2, 0) is 19.6 Å². The smallest absolute Gasteiger partial charge is 0.243 e. The molecule has 7 heteroatoms. The van der Waals surface area contributed by atoms with Gasteiger partial charge < -0.3 is 9.64 Å². The van der Waals surface area contributed by atoms with Crippen molar-refractivity contribution in [1.29, 1.82) is 0 Å². The van der Waals surface area contributed by atoms with E-state index in [0.29, 0.717) is 13.1 Å². The summed E-state index contributed by atoms with van der Waals surface area (Å²) in [6.45, 7) is 6.51. The fourth-order valence-electron chi connectivity index (χ4n) is 2.65. The molecule has 128 valence electrons. The van der Waals surface area contributed by atoms with Crippen molar-refractivity contribution in [2.24, 2.45) is 0 Å². The lowest BCUT2D eigenvalue weighted by Gasteiger charge is -2.36. The summed E-state index contributed by atoms with van der Waals surface area (Å²) in [6.07, 6.45) is -0.0802. The molecule has 0 unspecified atom stereocenters. The average molecular weight is 340 g/mol. The van der Waals surface area contributed by atoms with Crippen molar-refractivity contribution >= 4 is 15.9 Å². The van der Waals surface area contributed by atoms with Crippen LogP contribution >= 0.6 is 0 Å². The van der Waals surface area contributed by atoms with Crippen LogP contribution in [-0.4, -0.2) is 62.4 Å². The lowest BCUT2D eigenvalue weighted by molar-refractivity contribution is -0.143. The number of sulfonamides is 1. The monoisotopic (exact) mass is 340 g/mol. The Morgan fingerprint density at radius 3 is 2.26 bits per heavy atom. The number of likely N-dealkylation sites (N-methyl/N-ethyl adjacent to an activating group) is 1. The average Bonchev–Trinajstić information content (AvgIpc) is 2.46. The van der Waals surface area contributed by atoms with E-state index in [2.05, 4.69) is 0 Å². The van der Waals surface area contributed by atoms with Crippen LogP contribution < -0.4 is 0 Å². The number of aryl methyl sites for hydroxylation is 1. The molecule has 0 radical (unpaired) electrons. The van der Waals surface area contributed by atoms with Gasteiger partial charge in [0.05, 0.1) is 23.6 Å². The maximum atomic E-state index is 12.5. The SMILES string of the molecule is Cc1ccc(S(=O)(=O)N(C)CC(=O)N2C[C@H](C)O[C@@H](C)C2)cc1. The van der Waals surface area contributed by atoms with E-state index in [-0.39, 0.29) is 29.6 Å².